The van der Waals surface area contributed by atoms with Crippen molar-refractivity contribution in [3.63, 3.8) is 0 Å². The Hall–Kier alpha value is -3.32. The molecule has 0 aliphatic rings. The molecular formula is C23H28N6O. The quantitative estimate of drug-likeness (QED) is 0.236. The highest BCUT2D eigenvalue weighted by atomic mass is 16.1. The van der Waals surface area contributed by atoms with Crippen molar-refractivity contribution in [3.8, 4) is 0 Å². The number of nitrogens with zero attached hydrogens (tertiary/aromatic N) is 3. The number of rotatable bonds is 8. The van der Waals surface area contributed by atoms with Crippen molar-refractivity contribution < 1.29 is 0 Å². The third kappa shape index (κ3) is 3.41. The van der Waals surface area contributed by atoms with E-state index in [1.807, 2.05) is 28.8 Å². The average Bonchev–Trinajstić information content (AvgIpc) is 3.20. The number of aromatic amines is 1. The average molecular weight is 405 g/mol. The molecule has 4 N–H and O–H groups in total. The van der Waals surface area contributed by atoms with Crippen LogP contribution in [0.15, 0.2) is 41.8 Å². The zero-order valence-corrected chi connectivity index (χ0v) is 17.5. The van der Waals surface area contributed by atoms with Crippen LogP contribution in [0.3, 0.4) is 0 Å². The lowest BCUT2D eigenvalue weighted by Crippen LogP contribution is -2.14. The van der Waals surface area contributed by atoms with E-state index in [9.17, 15) is 4.79 Å². The largest absolute Gasteiger partial charge is 0.397 e. The Bertz CT molecular complexity index is 1280. The second-order valence-corrected chi connectivity index (χ2v) is 7.89. The molecule has 0 atom stereocenters. The van der Waals surface area contributed by atoms with Gasteiger partial charge in [-0.05, 0) is 57.7 Å². The van der Waals surface area contributed by atoms with Gasteiger partial charge in [-0.2, -0.15) is 5.10 Å². The Morgan fingerprint density at radius 1 is 1.20 bits per heavy atom. The van der Waals surface area contributed by atoms with Crippen LogP contribution in [0.4, 0.5) is 11.4 Å². The Morgan fingerprint density at radius 3 is 2.80 bits per heavy atom. The summed E-state index contributed by atoms with van der Waals surface area (Å²) in [5.74, 6) is 0. The molecule has 0 unspecified atom stereocenters. The minimum atomic E-state index is -0.0486. The number of H-pyrrole nitrogens is 1. The molecule has 7 nitrogen and oxygen atoms in total. The third-order valence-corrected chi connectivity index (χ3v) is 5.55. The fourth-order valence-electron chi connectivity index (χ4n) is 4.08. The third-order valence-electron chi connectivity index (χ3n) is 5.55. The predicted octanol–water partition coefficient (Wildman–Crippen LogP) is 3.86. The highest BCUT2D eigenvalue weighted by Gasteiger charge is 2.17. The van der Waals surface area contributed by atoms with Crippen molar-refractivity contribution in [2.24, 2.45) is 0 Å². The molecule has 0 radical (unpaired) electrons. The molecule has 2 aromatic carbocycles. The van der Waals surface area contributed by atoms with Crippen LogP contribution in [0.2, 0.25) is 0 Å². The number of pyridine rings is 1. The number of aromatic nitrogens is 3. The number of hydrogen-bond donors (Lipinski definition) is 3. The number of nitrogens with one attached hydrogen (secondary N) is 2. The van der Waals surface area contributed by atoms with Crippen molar-refractivity contribution in [1.29, 1.82) is 0 Å². The molecule has 0 spiro atoms. The fraction of sp³-hybridized carbons (Fsp3) is 0.304. The van der Waals surface area contributed by atoms with E-state index in [1.165, 1.54) is 0 Å². The molecule has 4 rings (SSSR count). The van der Waals surface area contributed by atoms with E-state index in [-0.39, 0.29) is 5.43 Å². The molecule has 0 amide bonds. The standard InChI is InChI=1S/C23H28N6O/c1-4-29-19-11-10-17-15(14-26-27-17)20(19)23(30)21-18(9-8-16(24)22(21)29)25-12-6-5-7-13-28(2)3/h4,8-11,14,25H,1,5-7,12-13,24H2,2-3H3,(H,26,27). The molecule has 7 heteroatoms. The Morgan fingerprint density at radius 2 is 2.03 bits per heavy atom. The minimum absolute atomic E-state index is 0.0486. The Kier molecular flexibility index (Phi) is 5.46. The highest BCUT2D eigenvalue weighted by molar-refractivity contribution is 6.13. The number of hydrogen-bond acceptors (Lipinski definition) is 5. The summed E-state index contributed by atoms with van der Waals surface area (Å²) in [5, 5.41) is 12.5. The first kappa shape index (κ1) is 20.0. The number of nitrogen functional groups attached to an aromatic ring is 1. The van der Waals surface area contributed by atoms with E-state index in [0.717, 1.165) is 54.5 Å². The van der Waals surface area contributed by atoms with Crippen LogP contribution in [0.5, 0.6) is 0 Å². The van der Waals surface area contributed by atoms with E-state index >= 15 is 0 Å². The lowest BCUT2D eigenvalue weighted by molar-refractivity contribution is 0.393. The Balaban J connectivity index is 1.82. The van der Waals surface area contributed by atoms with Crippen molar-refractivity contribution >= 4 is 50.3 Å². The van der Waals surface area contributed by atoms with Gasteiger partial charge in [-0.15, -0.1) is 0 Å². The molecule has 0 fully saturated rings. The van der Waals surface area contributed by atoms with Crippen LogP contribution in [-0.2, 0) is 0 Å². The summed E-state index contributed by atoms with van der Waals surface area (Å²) in [5.41, 5.74) is 9.90. The van der Waals surface area contributed by atoms with E-state index < -0.39 is 0 Å². The molecule has 2 heterocycles. The number of anilines is 2. The van der Waals surface area contributed by atoms with Gasteiger partial charge in [-0.3, -0.25) is 9.89 Å². The van der Waals surface area contributed by atoms with Crippen LogP contribution < -0.4 is 16.5 Å². The second kappa shape index (κ2) is 8.20. The van der Waals surface area contributed by atoms with Gasteiger partial charge in [0.05, 0.1) is 39.2 Å². The van der Waals surface area contributed by atoms with Crippen LogP contribution >= 0.6 is 0 Å². The van der Waals surface area contributed by atoms with Crippen molar-refractivity contribution in [2.45, 2.75) is 19.3 Å². The van der Waals surface area contributed by atoms with Gasteiger partial charge in [0, 0.05) is 23.8 Å². The predicted molar refractivity (Wildman–Crippen MR) is 127 cm³/mol. The molecule has 0 saturated carbocycles. The number of fused-ring (bicyclic) bond motifs is 4. The molecule has 4 aromatic rings. The zero-order valence-electron chi connectivity index (χ0n) is 17.5. The molecule has 0 saturated heterocycles. The summed E-state index contributed by atoms with van der Waals surface area (Å²) in [6, 6.07) is 7.57. The summed E-state index contributed by atoms with van der Waals surface area (Å²) < 4.78 is 1.90. The van der Waals surface area contributed by atoms with Gasteiger partial charge < -0.3 is 20.5 Å². The lowest BCUT2D eigenvalue weighted by atomic mass is 10.0. The molecular weight excluding hydrogens is 376 g/mol. The van der Waals surface area contributed by atoms with Crippen molar-refractivity contribution in [1.82, 2.24) is 19.7 Å². The van der Waals surface area contributed by atoms with E-state index in [1.54, 1.807) is 12.4 Å². The topological polar surface area (TPSA) is 92.0 Å². The van der Waals surface area contributed by atoms with E-state index in [2.05, 4.69) is 41.1 Å². The minimum Gasteiger partial charge on any atom is -0.397 e. The monoisotopic (exact) mass is 404 g/mol. The number of benzene rings is 2. The van der Waals surface area contributed by atoms with E-state index in [0.29, 0.717) is 22.0 Å². The van der Waals surface area contributed by atoms with Gasteiger partial charge in [0.25, 0.3) is 0 Å². The maximum absolute atomic E-state index is 13.7. The van der Waals surface area contributed by atoms with Crippen molar-refractivity contribution in [2.75, 3.05) is 38.2 Å². The molecule has 30 heavy (non-hydrogen) atoms. The SMILES string of the molecule is C=Cn1c2ccc3[nH]ncc3c2c(=O)c2c(NCCCCCN(C)C)ccc(N)c21. The van der Waals surface area contributed by atoms with Gasteiger partial charge in [-0.25, -0.2) is 0 Å². The van der Waals surface area contributed by atoms with Crippen LogP contribution in [-0.4, -0.2) is 46.8 Å². The summed E-state index contributed by atoms with van der Waals surface area (Å²) in [4.78, 5) is 15.9. The molecule has 0 aliphatic carbocycles. The van der Waals surface area contributed by atoms with Crippen LogP contribution in [0, 0.1) is 0 Å². The first-order chi connectivity index (χ1) is 14.5. The molecule has 0 aliphatic heterocycles. The molecule has 0 bridgehead atoms. The zero-order chi connectivity index (χ0) is 21.3. The maximum atomic E-state index is 13.7. The van der Waals surface area contributed by atoms with E-state index in [4.69, 9.17) is 5.73 Å². The number of nitrogens with two attached hydrogens (primary N) is 1. The summed E-state index contributed by atoms with van der Waals surface area (Å²) >= 11 is 0. The Labute approximate surface area is 175 Å². The van der Waals surface area contributed by atoms with Gasteiger partial charge in [0.1, 0.15) is 0 Å². The van der Waals surface area contributed by atoms with Gasteiger partial charge >= 0.3 is 0 Å². The smallest absolute Gasteiger partial charge is 0.200 e. The first-order valence-electron chi connectivity index (χ1n) is 10.3. The summed E-state index contributed by atoms with van der Waals surface area (Å²) in [6.07, 6.45) is 6.73. The van der Waals surface area contributed by atoms with Crippen molar-refractivity contribution in [3.05, 3.63) is 47.3 Å². The lowest BCUT2D eigenvalue weighted by Gasteiger charge is -2.17. The first-order valence-corrected chi connectivity index (χ1v) is 10.3. The molecule has 2 aromatic heterocycles. The second-order valence-electron chi connectivity index (χ2n) is 7.89. The van der Waals surface area contributed by atoms with Gasteiger partial charge in [0.2, 0.25) is 0 Å². The highest BCUT2D eigenvalue weighted by Crippen LogP contribution is 2.32. The van der Waals surface area contributed by atoms with Gasteiger partial charge in [-0.1, -0.05) is 13.0 Å². The van der Waals surface area contributed by atoms with Crippen LogP contribution in [0.25, 0.3) is 38.9 Å². The fourth-order valence-corrected chi connectivity index (χ4v) is 4.08. The maximum Gasteiger partial charge on any atom is 0.200 e. The van der Waals surface area contributed by atoms with Crippen LogP contribution in [0.1, 0.15) is 19.3 Å². The molecule has 156 valence electrons. The van der Waals surface area contributed by atoms with Gasteiger partial charge in [0.15, 0.2) is 5.43 Å². The summed E-state index contributed by atoms with van der Waals surface area (Å²) in [7, 11) is 4.18. The summed E-state index contributed by atoms with van der Waals surface area (Å²) in [6.45, 7) is 5.85. The number of unbranched alkanes of at least 4 members (excludes halogenated alkanes) is 2. The normalized spacial score (nSPS) is 11.7.